The Balaban J connectivity index is 1.75. The molecule has 118 valence electrons. The van der Waals surface area contributed by atoms with Gasteiger partial charge in [-0.25, -0.2) is 0 Å². The van der Waals surface area contributed by atoms with Crippen LogP contribution in [0, 0.1) is 0 Å². The van der Waals surface area contributed by atoms with Crippen molar-refractivity contribution < 1.29 is 9.53 Å². The molecule has 0 aliphatic carbocycles. The second kappa shape index (κ2) is 7.99. The highest BCUT2D eigenvalue weighted by molar-refractivity contribution is 5.97. The number of rotatable bonds is 7. The molecule has 2 heterocycles. The van der Waals surface area contributed by atoms with Gasteiger partial charge in [0.15, 0.2) is 0 Å². The van der Waals surface area contributed by atoms with Crippen molar-refractivity contribution in [1.29, 1.82) is 0 Å². The molecule has 0 unspecified atom stereocenters. The first-order valence-electron chi connectivity index (χ1n) is 7.62. The maximum absolute atomic E-state index is 12.2. The first-order valence-corrected chi connectivity index (χ1v) is 7.62. The number of morpholine rings is 1. The summed E-state index contributed by atoms with van der Waals surface area (Å²) in [7, 11) is 0. The van der Waals surface area contributed by atoms with E-state index in [1.165, 1.54) is 6.20 Å². The van der Waals surface area contributed by atoms with Crippen molar-refractivity contribution in [2.24, 2.45) is 0 Å². The summed E-state index contributed by atoms with van der Waals surface area (Å²) < 4.78 is 6.98. The van der Waals surface area contributed by atoms with Crippen LogP contribution in [0.5, 0.6) is 0 Å². The Morgan fingerprint density at radius 1 is 1.43 bits per heavy atom. The molecule has 1 aromatic heterocycles. The number of aryl methyl sites for hydroxylation is 1. The SMILES string of the molecule is CCCn1ncc(N)c1C(=O)NCCCN1CCOCC1. The summed E-state index contributed by atoms with van der Waals surface area (Å²) in [5.41, 5.74) is 6.74. The minimum Gasteiger partial charge on any atom is -0.396 e. The molecule has 1 fully saturated rings. The fraction of sp³-hybridized carbons (Fsp3) is 0.714. The summed E-state index contributed by atoms with van der Waals surface area (Å²) in [5, 5.41) is 7.06. The maximum Gasteiger partial charge on any atom is 0.271 e. The van der Waals surface area contributed by atoms with Crippen molar-refractivity contribution in [3.63, 3.8) is 0 Å². The lowest BCUT2D eigenvalue weighted by Crippen LogP contribution is -2.38. The van der Waals surface area contributed by atoms with E-state index in [1.54, 1.807) is 4.68 Å². The van der Waals surface area contributed by atoms with Crippen molar-refractivity contribution in [1.82, 2.24) is 20.0 Å². The number of nitrogens with zero attached hydrogens (tertiary/aromatic N) is 3. The molecule has 21 heavy (non-hydrogen) atoms. The summed E-state index contributed by atoms with van der Waals surface area (Å²) >= 11 is 0. The molecule has 0 saturated carbocycles. The van der Waals surface area contributed by atoms with E-state index in [-0.39, 0.29) is 5.91 Å². The Bertz CT molecular complexity index is 454. The average Bonchev–Trinajstić information content (AvgIpc) is 2.86. The minimum atomic E-state index is -0.138. The summed E-state index contributed by atoms with van der Waals surface area (Å²) in [5.74, 6) is -0.138. The van der Waals surface area contributed by atoms with Crippen molar-refractivity contribution in [2.75, 3.05) is 45.1 Å². The number of nitrogens with one attached hydrogen (secondary N) is 1. The van der Waals surface area contributed by atoms with E-state index in [4.69, 9.17) is 10.5 Å². The normalized spacial score (nSPS) is 16.0. The number of nitrogens with two attached hydrogens (primary N) is 1. The third kappa shape index (κ3) is 4.44. The van der Waals surface area contributed by atoms with Gasteiger partial charge in [-0.15, -0.1) is 0 Å². The molecule has 0 spiro atoms. The van der Waals surface area contributed by atoms with E-state index in [1.807, 2.05) is 6.92 Å². The van der Waals surface area contributed by atoms with Gasteiger partial charge in [0.25, 0.3) is 5.91 Å². The van der Waals surface area contributed by atoms with E-state index >= 15 is 0 Å². The van der Waals surface area contributed by atoms with Gasteiger partial charge >= 0.3 is 0 Å². The number of anilines is 1. The smallest absolute Gasteiger partial charge is 0.271 e. The van der Waals surface area contributed by atoms with E-state index in [2.05, 4.69) is 15.3 Å². The molecule has 1 aliphatic rings. The van der Waals surface area contributed by atoms with E-state index in [0.29, 0.717) is 24.5 Å². The molecule has 1 aromatic rings. The molecule has 7 heteroatoms. The Kier molecular flexibility index (Phi) is 6.01. The molecule has 0 bridgehead atoms. The second-order valence-corrected chi connectivity index (χ2v) is 5.24. The molecule has 3 N–H and O–H groups in total. The number of carbonyl (C=O) groups is 1. The number of ether oxygens (including phenoxy) is 1. The summed E-state index contributed by atoms with van der Waals surface area (Å²) in [6.07, 6.45) is 3.38. The fourth-order valence-electron chi connectivity index (χ4n) is 2.44. The van der Waals surface area contributed by atoms with Gasteiger partial charge in [-0.05, 0) is 19.4 Å². The molecular formula is C14H25N5O2. The van der Waals surface area contributed by atoms with Crippen molar-refractivity contribution >= 4 is 11.6 Å². The van der Waals surface area contributed by atoms with Crippen molar-refractivity contribution in [3.8, 4) is 0 Å². The third-order valence-corrected chi connectivity index (χ3v) is 3.56. The van der Waals surface area contributed by atoms with Gasteiger partial charge in [-0.3, -0.25) is 14.4 Å². The van der Waals surface area contributed by atoms with Gasteiger partial charge in [0.05, 0.1) is 25.1 Å². The van der Waals surface area contributed by atoms with Gasteiger partial charge in [0.2, 0.25) is 0 Å². The largest absolute Gasteiger partial charge is 0.396 e. The molecule has 2 rings (SSSR count). The monoisotopic (exact) mass is 295 g/mol. The van der Waals surface area contributed by atoms with Crippen LogP contribution in [-0.4, -0.2) is 60.0 Å². The van der Waals surface area contributed by atoms with E-state index in [9.17, 15) is 4.79 Å². The first kappa shape index (κ1) is 15.8. The lowest BCUT2D eigenvalue weighted by atomic mass is 10.3. The minimum absolute atomic E-state index is 0.138. The van der Waals surface area contributed by atoms with Gasteiger partial charge in [0, 0.05) is 26.2 Å². The van der Waals surface area contributed by atoms with Gasteiger partial charge < -0.3 is 15.8 Å². The van der Waals surface area contributed by atoms with Crippen molar-refractivity contribution in [3.05, 3.63) is 11.9 Å². The first-order chi connectivity index (χ1) is 10.2. The molecule has 1 aliphatic heterocycles. The van der Waals surface area contributed by atoms with Crippen LogP contribution in [-0.2, 0) is 11.3 Å². The molecular weight excluding hydrogens is 270 g/mol. The van der Waals surface area contributed by atoms with Crippen LogP contribution in [0.25, 0.3) is 0 Å². The van der Waals surface area contributed by atoms with Crippen LogP contribution >= 0.6 is 0 Å². The van der Waals surface area contributed by atoms with Crippen molar-refractivity contribution in [2.45, 2.75) is 26.3 Å². The number of amides is 1. The van der Waals surface area contributed by atoms with Gasteiger partial charge in [-0.2, -0.15) is 5.10 Å². The maximum atomic E-state index is 12.2. The predicted octanol–water partition coefficient (Wildman–Crippen LogP) is 0.327. The lowest BCUT2D eigenvalue weighted by molar-refractivity contribution is 0.0374. The zero-order valence-electron chi connectivity index (χ0n) is 12.7. The van der Waals surface area contributed by atoms with E-state index in [0.717, 1.165) is 45.7 Å². The lowest BCUT2D eigenvalue weighted by Gasteiger charge is -2.26. The summed E-state index contributed by atoms with van der Waals surface area (Å²) in [4.78, 5) is 14.5. The number of aromatic nitrogens is 2. The second-order valence-electron chi connectivity index (χ2n) is 5.24. The molecule has 1 amide bonds. The fourth-order valence-corrected chi connectivity index (χ4v) is 2.44. The number of nitrogen functional groups attached to an aromatic ring is 1. The highest BCUT2D eigenvalue weighted by Gasteiger charge is 2.16. The molecule has 7 nitrogen and oxygen atoms in total. The Labute approximate surface area is 125 Å². The highest BCUT2D eigenvalue weighted by Crippen LogP contribution is 2.11. The molecule has 0 aromatic carbocycles. The molecule has 0 atom stereocenters. The number of carbonyl (C=O) groups excluding carboxylic acids is 1. The average molecular weight is 295 g/mol. The standard InChI is InChI=1S/C14H25N5O2/c1-2-5-19-13(12(15)11-17-19)14(20)16-4-3-6-18-7-9-21-10-8-18/h11H,2-10,15H2,1H3,(H,16,20). The highest BCUT2D eigenvalue weighted by atomic mass is 16.5. The van der Waals surface area contributed by atoms with Crippen LogP contribution in [0.4, 0.5) is 5.69 Å². The summed E-state index contributed by atoms with van der Waals surface area (Å²) in [6, 6.07) is 0. The quantitative estimate of drug-likeness (QED) is 0.708. The zero-order chi connectivity index (χ0) is 15.1. The van der Waals surface area contributed by atoms with Crippen LogP contribution in [0.15, 0.2) is 6.20 Å². The van der Waals surface area contributed by atoms with E-state index < -0.39 is 0 Å². The Morgan fingerprint density at radius 3 is 2.90 bits per heavy atom. The third-order valence-electron chi connectivity index (χ3n) is 3.56. The van der Waals surface area contributed by atoms with Crippen LogP contribution in [0.2, 0.25) is 0 Å². The topological polar surface area (TPSA) is 85.4 Å². The Morgan fingerprint density at radius 2 is 2.19 bits per heavy atom. The predicted molar refractivity (Wildman–Crippen MR) is 81.1 cm³/mol. The molecule has 1 saturated heterocycles. The number of hydrogen-bond acceptors (Lipinski definition) is 5. The molecule has 0 radical (unpaired) electrons. The van der Waals surface area contributed by atoms with Gasteiger partial charge in [-0.1, -0.05) is 6.92 Å². The Hall–Kier alpha value is -1.60. The van der Waals surface area contributed by atoms with Crippen LogP contribution < -0.4 is 11.1 Å². The zero-order valence-corrected chi connectivity index (χ0v) is 12.7. The van der Waals surface area contributed by atoms with Crippen LogP contribution in [0.3, 0.4) is 0 Å². The number of hydrogen-bond donors (Lipinski definition) is 2. The van der Waals surface area contributed by atoms with Gasteiger partial charge in [0.1, 0.15) is 5.69 Å². The summed E-state index contributed by atoms with van der Waals surface area (Å²) in [6.45, 7) is 7.93. The van der Waals surface area contributed by atoms with Crippen LogP contribution in [0.1, 0.15) is 30.3 Å².